The Balaban J connectivity index is 1.73. The van der Waals surface area contributed by atoms with Crippen LogP contribution >= 0.6 is 0 Å². The second-order valence-corrected chi connectivity index (χ2v) is 11.1. The van der Waals surface area contributed by atoms with E-state index in [4.69, 9.17) is 0 Å². The van der Waals surface area contributed by atoms with Crippen molar-refractivity contribution in [3.8, 4) is 11.4 Å². The maximum absolute atomic E-state index is 13.7. The first-order valence-electron chi connectivity index (χ1n) is 11.1. The van der Waals surface area contributed by atoms with Crippen LogP contribution in [0.15, 0.2) is 36.7 Å². The zero-order valence-electron chi connectivity index (χ0n) is 19.2. The molecule has 2 saturated heterocycles. The molecular weight excluding hydrogens is 445 g/mol. The lowest BCUT2D eigenvalue weighted by atomic mass is 9.85. The fourth-order valence-corrected chi connectivity index (χ4v) is 6.20. The molecule has 2 aliphatic rings. The molecule has 0 radical (unpaired) electrons. The number of sulfonamides is 1. The summed E-state index contributed by atoms with van der Waals surface area (Å²) in [4.78, 5) is 25.6. The number of nitrogens with one attached hydrogen (secondary N) is 1. The normalized spacial score (nSPS) is 25.6. The van der Waals surface area contributed by atoms with Gasteiger partial charge >= 0.3 is 0 Å². The maximum Gasteiger partial charge on any atom is 0.242 e. The third kappa shape index (κ3) is 4.92. The predicted molar refractivity (Wildman–Crippen MR) is 123 cm³/mol. The van der Waals surface area contributed by atoms with Gasteiger partial charge in [0.05, 0.1) is 18.6 Å². The Kier molecular flexibility index (Phi) is 6.52. The van der Waals surface area contributed by atoms with E-state index in [2.05, 4.69) is 19.6 Å². The molecule has 1 aromatic carbocycles. The summed E-state index contributed by atoms with van der Waals surface area (Å²) >= 11 is 0. The van der Waals surface area contributed by atoms with Gasteiger partial charge in [0.1, 0.15) is 5.54 Å². The van der Waals surface area contributed by atoms with Crippen molar-refractivity contribution in [3.05, 3.63) is 48.0 Å². The standard InChI is InChI=1S/C23H30FN5O3S/c1-28(2)22(30)23(13-19(27-33(3,31)32)20-9-4-5-10-29(20)23)12-16-7-6-8-17(11-16)21-25-14-18(24)15-26-21/h6-8,11,14-15,19-20,27H,4-5,9-10,12-13H2,1-3H3/t19-,20+,23+/m1/s1. The Morgan fingerprint density at radius 2 is 2.00 bits per heavy atom. The molecule has 0 spiro atoms. The number of likely N-dealkylation sites (N-methyl/N-ethyl adjacent to an activating group) is 1. The van der Waals surface area contributed by atoms with Crippen LogP contribution < -0.4 is 4.72 Å². The van der Waals surface area contributed by atoms with Crippen molar-refractivity contribution >= 4 is 15.9 Å². The van der Waals surface area contributed by atoms with Gasteiger partial charge in [0.25, 0.3) is 0 Å². The molecule has 178 valence electrons. The fourth-order valence-electron chi connectivity index (χ4n) is 5.41. The van der Waals surface area contributed by atoms with E-state index < -0.39 is 21.4 Å². The molecule has 1 aromatic heterocycles. The van der Waals surface area contributed by atoms with E-state index in [1.165, 1.54) is 6.26 Å². The molecule has 0 saturated carbocycles. The Hall–Kier alpha value is -2.43. The van der Waals surface area contributed by atoms with Gasteiger partial charge in [-0.15, -0.1) is 0 Å². The van der Waals surface area contributed by atoms with Crippen molar-refractivity contribution in [2.75, 3.05) is 26.9 Å². The molecular formula is C23H30FN5O3S. The van der Waals surface area contributed by atoms with Crippen LogP contribution in [-0.4, -0.2) is 78.6 Å². The number of rotatable bonds is 6. The van der Waals surface area contributed by atoms with Gasteiger partial charge in [-0.25, -0.2) is 27.5 Å². The second-order valence-electron chi connectivity index (χ2n) is 9.29. The van der Waals surface area contributed by atoms with Crippen molar-refractivity contribution in [2.45, 2.75) is 49.7 Å². The summed E-state index contributed by atoms with van der Waals surface area (Å²) < 4.78 is 40.2. The summed E-state index contributed by atoms with van der Waals surface area (Å²) in [7, 11) is 0.0563. The number of piperidine rings is 1. The number of hydrogen-bond donors (Lipinski definition) is 1. The summed E-state index contributed by atoms with van der Waals surface area (Å²) in [5.74, 6) is -0.127. The smallest absolute Gasteiger partial charge is 0.242 e. The maximum atomic E-state index is 13.7. The highest BCUT2D eigenvalue weighted by atomic mass is 32.2. The van der Waals surface area contributed by atoms with E-state index in [9.17, 15) is 17.6 Å². The minimum atomic E-state index is -3.42. The monoisotopic (exact) mass is 475 g/mol. The van der Waals surface area contributed by atoms with Crippen molar-refractivity contribution in [1.29, 1.82) is 0 Å². The van der Waals surface area contributed by atoms with Gasteiger partial charge < -0.3 is 4.90 Å². The molecule has 1 amide bonds. The molecule has 33 heavy (non-hydrogen) atoms. The topological polar surface area (TPSA) is 95.5 Å². The molecule has 0 unspecified atom stereocenters. The lowest BCUT2D eigenvalue weighted by Gasteiger charge is -2.43. The molecule has 2 aromatic rings. The molecule has 0 aliphatic carbocycles. The summed E-state index contributed by atoms with van der Waals surface area (Å²) in [6, 6.07) is 7.25. The highest BCUT2D eigenvalue weighted by Gasteiger charge is 2.57. The Bertz CT molecular complexity index is 1130. The third-order valence-electron chi connectivity index (χ3n) is 6.59. The van der Waals surface area contributed by atoms with Gasteiger partial charge in [0.2, 0.25) is 15.9 Å². The van der Waals surface area contributed by atoms with Gasteiger partial charge in [0.15, 0.2) is 11.6 Å². The molecule has 10 heteroatoms. The minimum absolute atomic E-state index is 0.0269. The van der Waals surface area contributed by atoms with E-state index in [1.807, 2.05) is 24.3 Å². The van der Waals surface area contributed by atoms with Crippen molar-refractivity contribution in [1.82, 2.24) is 24.5 Å². The Morgan fingerprint density at radius 1 is 1.27 bits per heavy atom. The van der Waals surface area contributed by atoms with Gasteiger partial charge in [-0.05, 0) is 43.9 Å². The number of benzene rings is 1. The number of halogens is 1. The van der Waals surface area contributed by atoms with E-state index >= 15 is 0 Å². The number of hydrogen-bond acceptors (Lipinski definition) is 6. The molecule has 1 N–H and O–H groups in total. The number of fused-ring (bicyclic) bond motifs is 1. The largest absolute Gasteiger partial charge is 0.347 e. The van der Waals surface area contributed by atoms with Crippen LogP contribution in [0.25, 0.3) is 11.4 Å². The van der Waals surface area contributed by atoms with Crippen molar-refractivity contribution < 1.29 is 17.6 Å². The summed E-state index contributed by atoms with van der Waals surface area (Å²) in [5.41, 5.74) is 0.790. The first-order chi connectivity index (χ1) is 15.6. The highest BCUT2D eigenvalue weighted by molar-refractivity contribution is 7.88. The number of carbonyl (C=O) groups is 1. The van der Waals surface area contributed by atoms with Gasteiger partial charge in [-0.1, -0.05) is 24.6 Å². The number of nitrogens with zero attached hydrogens (tertiary/aromatic N) is 4. The van der Waals surface area contributed by atoms with Crippen molar-refractivity contribution in [3.63, 3.8) is 0 Å². The number of aromatic nitrogens is 2. The molecule has 3 atom stereocenters. The lowest BCUT2D eigenvalue weighted by molar-refractivity contribution is -0.142. The quantitative estimate of drug-likeness (QED) is 0.685. The molecule has 0 bridgehead atoms. The third-order valence-corrected chi connectivity index (χ3v) is 7.32. The zero-order valence-corrected chi connectivity index (χ0v) is 20.0. The summed E-state index contributed by atoms with van der Waals surface area (Å²) in [5, 5.41) is 0. The molecule has 3 heterocycles. The summed E-state index contributed by atoms with van der Waals surface area (Å²) in [6.07, 6.45) is 7.07. The van der Waals surface area contributed by atoms with E-state index in [0.717, 1.165) is 49.3 Å². The average molecular weight is 476 g/mol. The van der Waals surface area contributed by atoms with Crippen LogP contribution in [0.1, 0.15) is 31.2 Å². The van der Waals surface area contributed by atoms with E-state index in [-0.39, 0.29) is 18.0 Å². The van der Waals surface area contributed by atoms with Gasteiger partial charge in [0, 0.05) is 31.7 Å². The van der Waals surface area contributed by atoms with Crippen LogP contribution in [0.3, 0.4) is 0 Å². The van der Waals surface area contributed by atoms with Crippen LogP contribution in [-0.2, 0) is 21.2 Å². The minimum Gasteiger partial charge on any atom is -0.347 e. The Morgan fingerprint density at radius 3 is 2.67 bits per heavy atom. The zero-order chi connectivity index (χ0) is 23.8. The molecule has 8 nitrogen and oxygen atoms in total. The van der Waals surface area contributed by atoms with Crippen LogP contribution in [0.4, 0.5) is 4.39 Å². The molecule has 4 rings (SSSR count). The number of carbonyl (C=O) groups excluding carboxylic acids is 1. The molecule has 2 fully saturated rings. The Labute approximate surface area is 194 Å². The summed E-state index contributed by atoms with van der Waals surface area (Å²) in [6.45, 7) is 0.743. The van der Waals surface area contributed by atoms with Crippen LogP contribution in [0.2, 0.25) is 0 Å². The van der Waals surface area contributed by atoms with Gasteiger partial charge in [-0.2, -0.15) is 0 Å². The lowest BCUT2D eigenvalue weighted by Crippen LogP contribution is -2.59. The van der Waals surface area contributed by atoms with Gasteiger partial charge in [-0.3, -0.25) is 9.69 Å². The SMILES string of the molecule is CN(C)C(=O)[C@]1(Cc2cccc(-c3ncc(F)cn3)c2)C[C@@H](NS(C)(=O)=O)[C@@H]2CCCCN21. The van der Waals surface area contributed by atoms with E-state index in [1.54, 1.807) is 19.0 Å². The predicted octanol–water partition coefficient (Wildman–Crippen LogP) is 1.83. The van der Waals surface area contributed by atoms with Crippen LogP contribution in [0.5, 0.6) is 0 Å². The first-order valence-corrected chi connectivity index (χ1v) is 13.0. The van der Waals surface area contributed by atoms with Crippen molar-refractivity contribution in [2.24, 2.45) is 0 Å². The fraction of sp³-hybridized carbons (Fsp3) is 0.522. The van der Waals surface area contributed by atoms with Crippen LogP contribution in [0, 0.1) is 5.82 Å². The first kappa shape index (κ1) is 23.7. The highest BCUT2D eigenvalue weighted by Crippen LogP contribution is 2.42. The molecule has 2 aliphatic heterocycles. The van der Waals surface area contributed by atoms with E-state index in [0.29, 0.717) is 18.7 Å². The number of amides is 1. The average Bonchev–Trinajstić information content (AvgIpc) is 3.06. The second kappa shape index (κ2) is 9.08.